The predicted molar refractivity (Wildman–Crippen MR) is 100 cm³/mol. The standard InChI is InChI=1S/C17H22N2O5S2/c1-10(20)24-9-17(26-4)15(23)19-13-11(6-5-7-12(13)21)8-16(19,25-3)14(22)18(17)2/h5-7,12-13,21H,8-9H2,1-4H3/t12-,13-,16+,17+/m0/s1. The van der Waals surface area contributed by atoms with E-state index in [1.807, 2.05) is 6.08 Å². The van der Waals surface area contributed by atoms with Gasteiger partial charge < -0.3 is 19.6 Å². The summed E-state index contributed by atoms with van der Waals surface area (Å²) in [5, 5.41) is 10.5. The zero-order valence-corrected chi connectivity index (χ0v) is 16.7. The van der Waals surface area contributed by atoms with Crippen molar-refractivity contribution in [1.29, 1.82) is 0 Å². The van der Waals surface area contributed by atoms with Crippen molar-refractivity contribution in [2.24, 2.45) is 0 Å². The topological polar surface area (TPSA) is 87.1 Å². The first kappa shape index (κ1) is 19.3. The van der Waals surface area contributed by atoms with Crippen LogP contribution >= 0.6 is 23.5 Å². The maximum Gasteiger partial charge on any atom is 0.302 e. The van der Waals surface area contributed by atoms with Gasteiger partial charge in [-0.15, -0.1) is 23.5 Å². The fourth-order valence-electron chi connectivity index (χ4n) is 3.91. The SMILES string of the molecule is CS[C@]1(COC(C)=O)C(=O)N2[C@H]3C(=CC=C[C@@H]3O)C[C@@]2(SC)C(=O)N1C. The van der Waals surface area contributed by atoms with Crippen molar-refractivity contribution in [2.75, 3.05) is 26.2 Å². The van der Waals surface area contributed by atoms with E-state index >= 15 is 0 Å². The Kier molecular flexibility index (Phi) is 4.91. The van der Waals surface area contributed by atoms with Crippen molar-refractivity contribution in [3.8, 4) is 0 Å². The van der Waals surface area contributed by atoms with Gasteiger partial charge >= 0.3 is 5.97 Å². The van der Waals surface area contributed by atoms with Gasteiger partial charge in [-0.25, -0.2) is 0 Å². The Labute approximate surface area is 160 Å². The van der Waals surface area contributed by atoms with Crippen LogP contribution < -0.4 is 0 Å². The molecule has 142 valence electrons. The molecule has 4 atom stereocenters. The maximum atomic E-state index is 13.6. The van der Waals surface area contributed by atoms with Crippen LogP contribution in [0.2, 0.25) is 0 Å². The minimum Gasteiger partial charge on any atom is -0.462 e. The van der Waals surface area contributed by atoms with E-state index in [0.29, 0.717) is 6.42 Å². The summed E-state index contributed by atoms with van der Waals surface area (Å²) >= 11 is 2.46. The van der Waals surface area contributed by atoms with E-state index < -0.39 is 27.9 Å². The Morgan fingerprint density at radius 1 is 1.35 bits per heavy atom. The third-order valence-corrected chi connectivity index (χ3v) is 7.75. The molecule has 0 aromatic rings. The van der Waals surface area contributed by atoms with Crippen molar-refractivity contribution >= 4 is 41.3 Å². The molecule has 0 aromatic heterocycles. The number of allylic oxidation sites excluding steroid dienone is 2. The number of hydrogen-bond acceptors (Lipinski definition) is 7. The minimum atomic E-state index is -1.35. The van der Waals surface area contributed by atoms with Gasteiger partial charge in [0.15, 0.2) is 4.87 Å². The van der Waals surface area contributed by atoms with Crippen LogP contribution in [0.25, 0.3) is 0 Å². The summed E-state index contributed by atoms with van der Waals surface area (Å²) in [5.74, 6) is -1.07. The van der Waals surface area contributed by atoms with Crippen molar-refractivity contribution in [1.82, 2.24) is 9.80 Å². The number of aliphatic hydroxyl groups excluding tert-OH is 1. The number of nitrogens with zero attached hydrogens (tertiary/aromatic N) is 2. The van der Waals surface area contributed by atoms with E-state index in [2.05, 4.69) is 0 Å². The summed E-state index contributed by atoms with van der Waals surface area (Å²) in [6, 6.07) is -0.582. The van der Waals surface area contributed by atoms with Crippen LogP contribution in [-0.4, -0.2) is 80.7 Å². The van der Waals surface area contributed by atoms with Gasteiger partial charge in [0.1, 0.15) is 6.61 Å². The smallest absolute Gasteiger partial charge is 0.302 e. The third kappa shape index (κ3) is 2.44. The van der Waals surface area contributed by atoms with Gasteiger partial charge in [0.2, 0.25) is 4.87 Å². The summed E-state index contributed by atoms with van der Waals surface area (Å²) < 4.78 is 5.14. The highest BCUT2D eigenvalue weighted by atomic mass is 32.2. The van der Waals surface area contributed by atoms with Crippen LogP contribution in [0.4, 0.5) is 0 Å². The highest BCUT2D eigenvalue weighted by Gasteiger charge is 2.68. The number of carbonyl (C=O) groups is 3. The van der Waals surface area contributed by atoms with E-state index in [1.54, 1.807) is 31.7 Å². The number of amides is 2. The molecule has 2 aliphatic heterocycles. The molecule has 2 saturated heterocycles. The van der Waals surface area contributed by atoms with Gasteiger partial charge in [0.25, 0.3) is 11.8 Å². The van der Waals surface area contributed by atoms with E-state index in [-0.39, 0.29) is 18.4 Å². The van der Waals surface area contributed by atoms with Crippen molar-refractivity contribution in [3.63, 3.8) is 0 Å². The number of rotatable bonds is 4. The zero-order chi connectivity index (χ0) is 19.3. The van der Waals surface area contributed by atoms with Gasteiger partial charge in [-0.2, -0.15) is 0 Å². The number of ether oxygens (including phenoxy) is 1. The van der Waals surface area contributed by atoms with Crippen LogP contribution in [0.3, 0.4) is 0 Å². The Hall–Kier alpha value is -1.45. The van der Waals surface area contributed by atoms with Gasteiger partial charge in [0.05, 0.1) is 12.1 Å². The quantitative estimate of drug-likeness (QED) is 0.694. The normalized spacial score (nSPS) is 36.0. The van der Waals surface area contributed by atoms with Crippen LogP contribution in [0.15, 0.2) is 23.8 Å². The molecule has 1 N–H and O–H groups in total. The molecular weight excluding hydrogens is 376 g/mol. The second kappa shape index (κ2) is 6.61. The summed E-state index contributed by atoms with van der Waals surface area (Å²) in [5.41, 5.74) is 0.855. The molecule has 0 saturated carbocycles. The summed E-state index contributed by atoms with van der Waals surface area (Å²) in [4.78, 5) is 38.9. The first-order valence-electron chi connectivity index (χ1n) is 8.16. The monoisotopic (exact) mass is 398 g/mol. The summed E-state index contributed by atoms with van der Waals surface area (Å²) in [6.45, 7) is 1.03. The van der Waals surface area contributed by atoms with Crippen molar-refractivity contribution in [2.45, 2.75) is 35.2 Å². The van der Waals surface area contributed by atoms with Gasteiger partial charge in [-0.1, -0.05) is 18.2 Å². The molecule has 7 nitrogen and oxygen atoms in total. The molecule has 2 fully saturated rings. The summed E-state index contributed by atoms with van der Waals surface area (Å²) in [7, 11) is 1.57. The highest BCUT2D eigenvalue weighted by molar-refractivity contribution is 8.01. The number of fused-ring (bicyclic) bond motifs is 3. The molecule has 0 bridgehead atoms. The second-order valence-electron chi connectivity index (χ2n) is 6.54. The molecule has 0 radical (unpaired) electrons. The Balaban J connectivity index is 2.12. The molecule has 9 heteroatoms. The minimum absolute atomic E-state index is 0.228. The maximum absolute atomic E-state index is 13.6. The van der Waals surface area contributed by atoms with Crippen molar-refractivity contribution in [3.05, 3.63) is 23.8 Å². The molecule has 1 aliphatic carbocycles. The highest BCUT2D eigenvalue weighted by Crippen LogP contribution is 2.53. The van der Waals surface area contributed by atoms with Gasteiger partial charge in [0, 0.05) is 20.4 Å². The largest absolute Gasteiger partial charge is 0.462 e. The molecule has 3 aliphatic rings. The lowest BCUT2D eigenvalue weighted by Crippen LogP contribution is -2.75. The third-order valence-electron chi connectivity index (χ3n) is 5.31. The average Bonchev–Trinajstić information content (AvgIpc) is 2.97. The fourth-order valence-corrected chi connectivity index (χ4v) is 5.73. The first-order chi connectivity index (χ1) is 12.2. The Bertz CT molecular complexity index is 724. The molecular formula is C17H22N2O5S2. The second-order valence-corrected chi connectivity index (χ2v) is 8.70. The summed E-state index contributed by atoms with van der Waals surface area (Å²) in [6.07, 6.45) is 8.23. The van der Waals surface area contributed by atoms with Crippen LogP contribution in [0.5, 0.6) is 0 Å². The average molecular weight is 399 g/mol. The molecule has 2 amide bonds. The lowest BCUT2D eigenvalue weighted by Gasteiger charge is -2.53. The molecule has 2 heterocycles. The number of thioether (sulfide) groups is 2. The van der Waals surface area contributed by atoms with E-state index in [4.69, 9.17) is 4.74 Å². The van der Waals surface area contributed by atoms with Crippen LogP contribution in [-0.2, 0) is 19.1 Å². The van der Waals surface area contributed by atoms with Gasteiger partial charge in [-0.3, -0.25) is 14.4 Å². The first-order valence-corrected chi connectivity index (χ1v) is 10.6. The predicted octanol–water partition coefficient (Wildman–Crippen LogP) is 0.598. The molecule has 0 spiro atoms. The molecule has 3 rings (SSSR count). The molecule has 0 unspecified atom stereocenters. The number of esters is 1. The van der Waals surface area contributed by atoms with Crippen molar-refractivity contribution < 1.29 is 24.2 Å². The zero-order valence-electron chi connectivity index (χ0n) is 15.1. The number of likely N-dealkylation sites (N-methyl/N-ethyl adjacent to an activating group) is 1. The van der Waals surface area contributed by atoms with Crippen LogP contribution in [0, 0.1) is 0 Å². The molecule has 0 aromatic carbocycles. The number of piperazine rings is 1. The number of aliphatic hydroxyl groups is 1. The van der Waals surface area contributed by atoms with Gasteiger partial charge in [-0.05, 0) is 18.1 Å². The number of carbonyl (C=O) groups excluding carboxylic acids is 3. The molecule has 26 heavy (non-hydrogen) atoms. The lowest BCUT2D eigenvalue weighted by atomic mass is 9.97. The van der Waals surface area contributed by atoms with E-state index in [9.17, 15) is 19.5 Å². The van der Waals surface area contributed by atoms with E-state index in [0.717, 1.165) is 17.3 Å². The lowest BCUT2D eigenvalue weighted by molar-refractivity contribution is -0.170. The Morgan fingerprint density at radius 3 is 2.62 bits per heavy atom. The van der Waals surface area contributed by atoms with E-state index in [1.165, 1.54) is 28.5 Å². The van der Waals surface area contributed by atoms with Crippen LogP contribution in [0.1, 0.15) is 13.3 Å². The fraction of sp³-hybridized carbons (Fsp3) is 0.588. The number of hydrogen-bond donors (Lipinski definition) is 1. The Morgan fingerprint density at radius 2 is 2.04 bits per heavy atom.